The van der Waals surface area contributed by atoms with Gasteiger partial charge in [-0.15, -0.1) is 0 Å². The van der Waals surface area contributed by atoms with Crippen molar-refractivity contribution in [2.75, 3.05) is 5.32 Å². The molecular formula is C14H12FNO2S. The first-order valence-corrected chi connectivity index (χ1v) is 7.37. The topological polar surface area (TPSA) is 46.2 Å². The number of nitrogens with one attached hydrogen (secondary N) is 1. The molecule has 1 aliphatic rings. The fourth-order valence-electron chi connectivity index (χ4n) is 2.18. The molecule has 5 heteroatoms. The average Bonchev–Trinajstić information content (AvgIpc) is 2.38. The molecule has 0 spiro atoms. The van der Waals surface area contributed by atoms with E-state index in [2.05, 4.69) is 5.32 Å². The minimum absolute atomic E-state index is 0.133. The van der Waals surface area contributed by atoms with Gasteiger partial charge in [-0.2, -0.15) is 0 Å². The molecule has 1 aliphatic heterocycles. The standard InChI is InChI=1S/C14H12FNO2S/c1-9(15)10-6-7-12-14(8-10)19(17,18)13-5-3-2-4-11(13)16-12/h2-9,16H,1H3. The molecule has 0 fully saturated rings. The van der Waals surface area contributed by atoms with Gasteiger partial charge in [-0.1, -0.05) is 18.2 Å². The van der Waals surface area contributed by atoms with Gasteiger partial charge in [0, 0.05) is 0 Å². The van der Waals surface area contributed by atoms with Crippen molar-refractivity contribution in [3.63, 3.8) is 0 Å². The van der Waals surface area contributed by atoms with Crippen LogP contribution in [-0.2, 0) is 9.84 Å². The Morgan fingerprint density at radius 2 is 1.74 bits per heavy atom. The van der Waals surface area contributed by atoms with Crippen LogP contribution in [0.4, 0.5) is 15.8 Å². The van der Waals surface area contributed by atoms with Crippen LogP contribution in [0, 0.1) is 0 Å². The van der Waals surface area contributed by atoms with Gasteiger partial charge >= 0.3 is 0 Å². The quantitative estimate of drug-likeness (QED) is 0.739. The summed E-state index contributed by atoms with van der Waals surface area (Å²) in [5.41, 5.74) is 1.41. The highest BCUT2D eigenvalue weighted by Crippen LogP contribution is 2.40. The van der Waals surface area contributed by atoms with E-state index in [4.69, 9.17) is 0 Å². The number of anilines is 2. The summed E-state index contributed by atoms with van der Waals surface area (Å²) in [7, 11) is -3.59. The van der Waals surface area contributed by atoms with Crippen molar-refractivity contribution >= 4 is 21.2 Å². The van der Waals surface area contributed by atoms with Crippen LogP contribution in [0.1, 0.15) is 18.7 Å². The molecule has 2 aromatic carbocycles. The second kappa shape index (κ2) is 4.06. The van der Waals surface area contributed by atoms with E-state index < -0.39 is 16.0 Å². The third kappa shape index (κ3) is 1.81. The van der Waals surface area contributed by atoms with Crippen LogP contribution in [0.25, 0.3) is 0 Å². The Kier molecular flexibility index (Phi) is 2.60. The zero-order valence-electron chi connectivity index (χ0n) is 10.2. The maximum absolute atomic E-state index is 13.3. The summed E-state index contributed by atoms with van der Waals surface area (Å²) in [6.07, 6.45) is -1.20. The Morgan fingerprint density at radius 1 is 1.05 bits per heavy atom. The van der Waals surface area contributed by atoms with E-state index in [9.17, 15) is 12.8 Å². The zero-order chi connectivity index (χ0) is 13.6. The van der Waals surface area contributed by atoms with Crippen molar-refractivity contribution in [1.29, 1.82) is 0 Å². The number of fused-ring (bicyclic) bond motifs is 2. The maximum atomic E-state index is 13.3. The van der Waals surface area contributed by atoms with Gasteiger partial charge in [0.1, 0.15) is 6.17 Å². The molecule has 2 aromatic rings. The number of para-hydroxylation sites is 1. The molecular weight excluding hydrogens is 265 g/mol. The fourth-order valence-corrected chi connectivity index (χ4v) is 3.78. The molecule has 19 heavy (non-hydrogen) atoms. The second-order valence-corrected chi connectivity index (χ2v) is 6.38. The predicted molar refractivity (Wildman–Crippen MR) is 71.1 cm³/mol. The van der Waals surface area contributed by atoms with Gasteiger partial charge in [-0.05, 0) is 36.8 Å². The Labute approximate surface area is 111 Å². The molecule has 0 saturated heterocycles. The highest BCUT2D eigenvalue weighted by atomic mass is 32.2. The lowest BCUT2D eigenvalue weighted by Gasteiger charge is -2.22. The van der Waals surface area contributed by atoms with Gasteiger partial charge in [-0.25, -0.2) is 12.8 Å². The van der Waals surface area contributed by atoms with Crippen molar-refractivity contribution in [3.8, 4) is 0 Å². The van der Waals surface area contributed by atoms with Crippen molar-refractivity contribution in [1.82, 2.24) is 0 Å². The van der Waals surface area contributed by atoms with Gasteiger partial charge < -0.3 is 5.32 Å². The number of sulfone groups is 1. The van der Waals surface area contributed by atoms with Gasteiger partial charge in [-0.3, -0.25) is 0 Å². The second-order valence-electron chi connectivity index (χ2n) is 4.50. The lowest BCUT2D eigenvalue weighted by atomic mass is 10.1. The summed E-state index contributed by atoms with van der Waals surface area (Å²) in [4.78, 5) is 0.361. The smallest absolute Gasteiger partial charge is 0.210 e. The van der Waals surface area contributed by atoms with Gasteiger partial charge in [0.05, 0.1) is 21.2 Å². The summed E-state index contributed by atoms with van der Waals surface area (Å²) in [5, 5.41) is 3.06. The van der Waals surface area contributed by atoms with E-state index in [1.165, 1.54) is 13.0 Å². The summed E-state index contributed by atoms with van der Waals surface area (Å²) >= 11 is 0. The van der Waals surface area contributed by atoms with Crippen molar-refractivity contribution in [2.24, 2.45) is 0 Å². The van der Waals surface area contributed by atoms with E-state index in [0.717, 1.165) is 0 Å². The van der Waals surface area contributed by atoms with E-state index in [-0.39, 0.29) is 9.79 Å². The number of alkyl halides is 1. The number of hydrogen-bond acceptors (Lipinski definition) is 3. The number of hydrogen-bond donors (Lipinski definition) is 1. The molecule has 3 nitrogen and oxygen atoms in total. The molecule has 1 N–H and O–H groups in total. The third-order valence-corrected chi connectivity index (χ3v) is 5.05. The Morgan fingerprint density at radius 3 is 2.47 bits per heavy atom. The first kappa shape index (κ1) is 12.2. The van der Waals surface area contributed by atoms with Crippen LogP contribution in [0.15, 0.2) is 52.3 Å². The van der Waals surface area contributed by atoms with Crippen LogP contribution in [-0.4, -0.2) is 8.42 Å². The molecule has 1 unspecified atom stereocenters. The fraction of sp³-hybridized carbons (Fsp3) is 0.143. The first-order chi connectivity index (χ1) is 9.00. The number of benzene rings is 2. The predicted octanol–water partition coefficient (Wildman–Crippen LogP) is 3.61. The van der Waals surface area contributed by atoms with Crippen LogP contribution >= 0.6 is 0 Å². The minimum atomic E-state index is -3.59. The molecule has 0 bridgehead atoms. The monoisotopic (exact) mass is 277 g/mol. The largest absolute Gasteiger partial charge is 0.353 e. The molecule has 98 valence electrons. The summed E-state index contributed by atoms with van der Waals surface area (Å²) in [6.45, 7) is 1.39. The number of rotatable bonds is 1. The summed E-state index contributed by atoms with van der Waals surface area (Å²) in [5.74, 6) is 0. The lowest BCUT2D eigenvalue weighted by Crippen LogP contribution is -2.14. The van der Waals surface area contributed by atoms with E-state index in [1.807, 2.05) is 0 Å². The zero-order valence-corrected chi connectivity index (χ0v) is 11.0. The highest BCUT2D eigenvalue weighted by molar-refractivity contribution is 7.92. The van der Waals surface area contributed by atoms with E-state index in [1.54, 1.807) is 36.4 Å². The third-order valence-electron chi connectivity index (χ3n) is 3.20. The summed E-state index contributed by atoms with van der Waals surface area (Å²) in [6, 6.07) is 11.3. The number of halogens is 1. The van der Waals surface area contributed by atoms with Crippen molar-refractivity contribution in [2.45, 2.75) is 22.9 Å². The van der Waals surface area contributed by atoms with Crippen LogP contribution in [0.3, 0.4) is 0 Å². The lowest BCUT2D eigenvalue weighted by molar-refractivity contribution is 0.373. The van der Waals surface area contributed by atoms with Gasteiger partial charge in [0.15, 0.2) is 0 Å². The molecule has 0 aromatic heterocycles. The van der Waals surface area contributed by atoms with Gasteiger partial charge in [0.2, 0.25) is 9.84 Å². The maximum Gasteiger partial charge on any atom is 0.210 e. The SMILES string of the molecule is CC(F)c1ccc2c(c1)S(=O)(=O)c1ccccc1N2. The first-order valence-electron chi connectivity index (χ1n) is 5.89. The molecule has 0 amide bonds. The van der Waals surface area contributed by atoms with Crippen molar-refractivity contribution in [3.05, 3.63) is 48.0 Å². The molecule has 3 rings (SSSR count). The van der Waals surface area contributed by atoms with Crippen molar-refractivity contribution < 1.29 is 12.8 Å². The minimum Gasteiger partial charge on any atom is -0.353 e. The van der Waals surface area contributed by atoms with Gasteiger partial charge in [0.25, 0.3) is 0 Å². The molecule has 0 saturated carbocycles. The Bertz CT molecular complexity index is 754. The van der Waals surface area contributed by atoms with Crippen LogP contribution in [0.5, 0.6) is 0 Å². The molecule has 0 aliphatic carbocycles. The van der Waals surface area contributed by atoms with Crippen LogP contribution in [0.2, 0.25) is 0 Å². The van der Waals surface area contributed by atoms with E-state index >= 15 is 0 Å². The van der Waals surface area contributed by atoms with Crippen LogP contribution < -0.4 is 5.32 Å². The Balaban J connectivity index is 2.26. The molecule has 0 radical (unpaired) electrons. The molecule has 1 atom stereocenters. The average molecular weight is 277 g/mol. The Hall–Kier alpha value is -1.88. The summed E-state index contributed by atoms with van der Waals surface area (Å²) < 4.78 is 38.4. The van der Waals surface area contributed by atoms with E-state index in [0.29, 0.717) is 16.9 Å². The normalized spacial score (nSPS) is 16.9. The molecule has 1 heterocycles. The highest BCUT2D eigenvalue weighted by Gasteiger charge is 2.29.